The van der Waals surface area contributed by atoms with E-state index in [0.29, 0.717) is 18.1 Å². The molecule has 0 saturated carbocycles. The first-order valence-electron chi connectivity index (χ1n) is 6.18. The highest BCUT2D eigenvalue weighted by Crippen LogP contribution is 2.11. The quantitative estimate of drug-likeness (QED) is 0.919. The van der Waals surface area contributed by atoms with Crippen LogP contribution in [-0.2, 0) is 10.0 Å². The first-order chi connectivity index (χ1) is 9.08. The average molecular weight is 301 g/mol. The maximum atomic E-state index is 12.1. The smallest absolute Gasteiger partial charge is 0.217 e. The Morgan fingerprint density at radius 2 is 1.84 bits per heavy atom. The third kappa shape index (κ3) is 4.31. The lowest BCUT2D eigenvalue weighted by Gasteiger charge is -2.26. The Morgan fingerprint density at radius 1 is 1.21 bits per heavy atom. The zero-order valence-corrected chi connectivity index (χ0v) is 12.1. The third-order valence-corrected chi connectivity index (χ3v) is 4.97. The molecule has 1 aromatic rings. The normalized spacial score (nSPS) is 17.9. The summed E-state index contributed by atoms with van der Waals surface area (Å²) in [6.07, 6.45) is 3.48. The minimum absolute atomic E-state index is 0.0373. The van der Waals surface area contributed by atoms with E-state index >= 15 is 0 Å². The van der Waals surface area contributed by atoms with Crippen molar-refractivity contribution in [2.75, 3.05) is 31.9 Å². The standard InChI is InChI=1S/C13H17ClN2O2S/c14-13-5-3-12(4-6-13)2-1-11-19(17,18)16-9-7-15-8-10-16/h1-6,15H,7-11H2. The zero-order chi connectivity index (χ0) is 13.7. The molecule has 1 N–H and O–H groups in total. The van der Waals surface area contributed by atoms with E-state index in [4.69, 9.17) is 11.6 Å². The summed E-state index contributed by atoms with van der Waals surface area (Å²) >= 11 is 5.79. The van der Waals surface area contributed by atoms with E-state index in [1.807, 2.05) is 12.1 Å². The van der Waals surface area contributed by atoms with Crippen LogP contribution < -0.4 is 5.32 Å². The van der Waals surface area contributed by atoms with Crippen molar-refractivity contribution < 1.29 is 8.42 Å². The third-order valence-electron chi connectivity index (χ3n) is 2.96. The van der Waals surface area contributed by atoms with E-state index in [1.165, 1.54) is 4.31 Å². The van der Waals surface area contributed by atoms with Gasteiger partial charge in [0, 0.05) is 31.2 Å². The van der Waals surface area contributed by atoms with Crippen LogP contribution in [0.25, 0.3) is 6.08 Å². The molecule has 1 aliphatic rings. The molecule has 1 heterocycles. The monoisotopic (exact) mass is 300 g/mol. The van der Waals surface area contributed by atoms with Gasteiger partial charge in [0.1, 0.15) is 0 Å². The number of halogens is 1. The fourth-order valence-corrected chi connectivity index (χ4v) is 3.32. The van der Waals surface area contributed by atoms with Crippen molar-refractivity contribution in [1.82, 2.24) is 9.62 Å². The van der Waals surface area contributed by atoms with Crippen molar-refractivity contribution in [1.29, 1.82) is 0 Å². The number of rotatable bonds is 4. The second-order valence-corrected chi connectivity index (χ2v) is 6.83. The van der Waals surface area contributed by atoms with Gasteiger partial charge in [0.15, 0.2) is 0 Å². The van der Waals surface area contributed by atoms with E-state index in [-0.39, 0.29) is 5.75 Å². The molecule has 0 radical (unpaired) electrons. The molecule has 4 nitrogen and oxygen atoms in total. The van der Waals surface area contributed by atoms with Gasteiger partial charge < -0.3 is 5.32 Å². The summed E-state index contributed by atoms with van der Waals surface area (Å²) in [7, 11) is -3.18. The van der Waals surface area contributed by atoms with Gasteiger partial charge in [0.2, 0.25) is 10.0 Å². The maximum absolute atomic E-state index is 12.1. The summed E-state index contributed by atoms with van der Waals surface area (Å²) in [6.45, 7) is 2.55. The molecule has 0 amide bonds. The topological polar surface area (TPSA) is 49.4 Å². The second-order valence-electron chi connectivity index (χ2n) is 4.38. The summed E-state index contributed by atoms with van der Waals surface area (Å²) in [5.41, 5.74) is 0.944. The van der Waals surface area contributed by atoms with Crippen LogP contribution in [0.1, 0.15) is 5.56 Å². The lowest BCUT2D eigenvalue weighted by molar-refractivity contribution is 0.361. The lowest BCUT2D eigenvalue weighted by atomic mass is 10.2. The van der Waals surface area contributed by atoms with Gasteiger partial charge in [-0.25, -0.2) is 8.42 Å². The number of nitrogens with one attached hydrogen (secondary N) is 1. The van der Waals surface area contributed by atoms with Crippen molar-refractivity contribution in [2.45, 2.75) is 0 Å². The highest BCUT2D eigenvalue weighted by molar-refractivity contribution is 7.89. The molecular formula is C13H17ClN2O2S. The predicted octanol–water partition coefficient (Wildman–Crippen LogP) is 1.59. The van der Waals surface area contributed by atoms with Crippen LogP contribution in [0.15, 0.2) is 30.3 Å². The largest absolute Gasteiger partial charge is 0.314 e. The molecule has 0 unspecified atom stereocenters. The fourth-order valence-electron chi connectivity index (χ4n) is 1.91. The number of sulfonamides is 1. The SMILES string of the molecule is O=S(=O)(CC=Cc1ccc(Cl)cc1)N1CCNCC1. The van der Waals surface area contributed by atoms with Gasteiger partial charge >= 0.3 is 0 Å². The maximum Gasteiger partial charge on any atom is 0.217 e. The molecule has 104 valence electrons. The number of nitrogens with zero attached hydrogens (tertiary/aromatic N) is 1. The average Bonchev–Trinajstić information content (AvgIpc) is 2.42. The van der Waals surface area contributed by atoms with Gasteiger partial charge in [-0.15, -0.1) is 0 Å². The van der Waals surface area contributed by atoms with Gasteiger partial charge in [-0.1, -0.05) is 35.9 Å². The molecule has 19 heavy (non-hydrogen) atoms. The van der Waals surface area contributed by atoms with E-state index in [0.717, 1.165) is 18.7 Å². The van der Waals surface area contributed by atoms with Gasteiger partial charge in [-0.2, -0.15) is 4.31 Å². The molecule has 0 spiro atoms. The van der Waals surface area contributed by atoms with Gasteiger partial charge in [0.25, 0.3) is 0 Å². The predicted molar refractivity (Wildman–Crippen MR) is 78.7 cm³/mol. The summed E-state index contributed by atoms with van der Waals surface area (Å²) in [5, 5.41) is 3.81. The first-order valence-corrected chi connectivity index (χ1v) is 8.17. The molecule has 2 rings (SSSR count). The number of hydrogen-bond donors (Lipinski definition) is 1. The Labute approximate surface area is 119 Å². The molecule has 0 atom stereocenters. The minimum Gasteiger partial charge on any atom is -0.314 e. The van der Waals surface area contributed by atoms with E-state index < -0.39 is 10.0 Å². The van der Waals surface area contributed by atoms with Crippen LogP contribution in [0.3, 0.4) is 0 Å². The highest BCUT2D eigenvalue weighted by atomic mass is 35.5. The highest BCUT2D eigenvalue weighted by Gasteiger charge is 2.21. The molecular weight excluding hydrogens is 284 g/mol. The second kappa shape index (κ2) is 6.52. The molecule has 0 aromatic heterocycles. The first kappa shape index (κ1) is 14.5. The molecule has 1 fully saturated rings. The fraction of sp³-hybridized carbons (Fsp3) is 0.385. The molecule has 0 bridgehead atoms. The number of piperazine rings is 1. The Morgan fingerprint density at radius 3 is 2.47 bits per heavy atom. The lowest BCUT2D eigenvalue weighted by Crippen LogP contribution is -2.46. The van der Waals surface area contributed by atoms with Crippen LogP contribution in [0, 0.1) is 0 Å². The summed E-state index contributed by atoms with van der Waals surface area (Å²) in [4.78, 5) is 0. The van der Waals surface area contributed by atoms with Crippen molar-refractivity contribution in [2.24, 2.45) is 0 Å². The Balaban J connectivity index is 1.95. The summed E-state index contributed by atoms with van der Waals surface area (Å²) < 4.78 is 25.6. The molecule has 1 saturated heterocycles. The van der Waals surface area contributed by atoms with Crippen LogP contribution in [0.4, 0.5) is 0 Å². The zero-order valence-electron chi connectivity index (χ0n) is 10.5. The Kier molecular flexibility index (Phi) is 4.99. The Hall–Kier alpha value is -0.880. The van der Waals surface area contributed by atoms with Gasteiger partial charge in [0.05, 0.1) is 5.75 Å². The summed E-state index contributed by atoms with van der Waals surface area (Å²) in [6, 6.07) is 7.28. The van der Waals surface area contributed by atoms with Gasteiger partial charge in [-0.3, -0.25) is 0 Å². The molecule has 6 heteroatoms. The van der Waals surface area contributed by atoms with E-state index in [2.05, 4.69) is 5.32 Å². The summed E-state index contributed by atoms with van der Waals surface area (Å²) in [5.74, 6) is 0.0373. The van der Waals surface area contributed by atoms with Crippen molar-refractivity contribution in [3.63, 3.8) is 0 Å². The Bertz CT molecular complexity index is 534. The van der Waals surface area contributed by atoms with Crippen LogP contribution in [0.2, 0.25) is 5.02 Å². The van der Waals surface area contributed by atoms with E-state index in [1.54, 1.807) is 24.3 Å². The van der Waals surface area contributed by atoms with Crippen molar-refractivity contribution >= 4 is 27.7 Å². The minimum atomic E-state index is -3.18. The van der Waals surface area contributed by atoms with Crippen molar-refractivity contribution in [3.05, 3.63) is 40.9 Å². The number of hydrogen-bond acceptors (Lipinski definition) is 3. The number of benzene rings is 1. The van der Waals surface area contributed by atoms with E-state index in [9.17, 15) is 8.42 Å². The van der Waals surface area contributed by atoms with Crippen LogP contribution >= 0.6 is 11.6 Å². The molecule has 1 aliphatic heterocycles. The van der Waals surface area contributed by atoms with Crippen LogP contribution in [0.5, 0.6) is 0 Å². The molecule has 1 aromatic carbocycles. The van der Waals surface area contributed by atoms with Gasteiger partial charge in [-0.05, 0) is 17.7 Å². The van der Waals surface area contributed by atoms with Crippen LogP contribution in [-0.4, -0.2) is 44.7 Å². The molecule has 0 aliphatic carbocycles. The van der Waals surface area contributed by atoms with Crippen molar-refractivity contribution in [3.8, 4) is 0 Å².